The van der Waals surface area contributed by atoms with Crippen LogP contribution >= 0.6 is 0 Å². The highest BCUT2D eigenvalue weighted by Gasteiger charge is 2.36. The zero-order valence-electron chi connectivity index (χ0n) is 8.35. The molecule has 3 rings (SSSR count). The maximum absolute atomic E-state index is 11.7. The molecule has 0 spiro atoms. The number of amides is 1. The first kappa shape index (κ1) is 8.77. The average Bonchev–Trinajstić information content (AvgIpc) is 2.95. The number of hydrogen-bond acceptors (Lipinski definition) is 2. The van der Waals surface area contributed by atoms with Gasteiger partial charge in [-0.05, 0) is 36.8 Å². The third-order valence-electron chi connectivity index (χ3n) is 3.34. The second-order valence-electron chi connectivity index (χ2n) is 4.34. The van der Waals surface area contributed by atoms with E-state index >= 15 is 0 Å². The molecule has 1 aromatic rings. The third kappa shape index (κ3) is 1.48. The predicted molar refractivity (Wildman–Crippen MR) is 55.3 cm³/mol. The Hall–Kier alpha value is -1.51. The van der Waals surface area contributed by atoms with Crippen molar-refractivity contribution in [1.29, 1.82) is 0 Å². The Morgan fingerprint density at radius 1 is 1.40 bits per heavy atom. The molecule has 3 nitrogen and oxygen atoms in total. The lowest BCUT2D eigenvalue weighted by Crippen LogP contribution is -2.37. The molecule has 1 N–H and O–H groups in total. The zero-order valence-corrected chi connectivity index (χ0v) is 8.35. The van der Waals surface area contributed by atoms with E-state index in [1.807, 2.05) is 0 Å². The van der Waals surface area contributed by atoms with E-state index < -0.39 is 0 Å². The Labute approximate surface area is 88.2 Å². The Morgan fingerprint density at radius 2 is 2.33 bits per heavy atom. The second kappa shape index (κ2) is 3.26. The number of nitrogens with one attached hydrogen (secondary N) is 1. The van der Waals surface area contributed by atoms with Crippen LogP contribution < -0.4 is 5.32 Å². The lowest BCUT2D eigenvalue weighted by atomic mass is 10.0. The van der Waals surface area contributed by atoms with E-state index in [2.05, 4.69) is 17.5 Å². The molecule has 0 aromatic carbocycles. The predicted octanol–water partition coefficient (Wildman–Crippen LogP) is 1.97. The molecule has 3 unspecified atom stereocenters. The van der Waals surface area contributed by atoms with Crippen molar-refractivity contribution in [1.82, 2.24) is 5.32 Å². The van der Waals surface area contributed by atoms with Crippen molar-refractivity contribution in [3.63, 3.8) is 0 Å². The van der Waals surface area contributed by atoms with E-state index in [-0.39, 0.29) is 5.91 Å². The summed E-state index contributed by atoms with van der Waals surface area (Å²) >= 11 is 0. The standard InChI is InChI=1S/C12H13NO2/c14-12(11-2-1-5-15-11)13-10-7-8-3-4-9(10)6-8/h1-5,8-10H,6-7H2,(H,13,14). The van der Waals surface area contributed by atoms with Gasteiger partial charge >= 0.3 is 0 Å². The monoisotopic (exact) mass is 203 g/mol. The molecule has 0 aliphatic heterocycles. The van der Waals surface area contributed by atoms with E-state index in [1.165, 1.54) is 12.7 Å². The molecule has 0 saturated heterocycles. The van der Waals surface area contributed by atoms with Crippen molar-refractivity contribution in [2.75, 3.05) is 0 Å². The Morgan fingerprint density at radius 3 is 2.93 bits per heavy atom. The first-order chi connectivity index (χ1) is 7.33. The summed E-state index contributed by atoms with van der Waals surface area (Å²) in [4.78, 5) is 11.7. The third-order valence-corrected chi connectivity index (χ3v) is 3.34. The van der Waals surface area contributed by atoms with Gasteiger partial charge in [0.1, 0.15) is 0 Å². The minimum Gasteiger partial charge on any atom is -0.459 e. The van der Waals surface area contributed by atoms with Crippen molar-refractivity contribution in [2.45, 2.75) is 18.9 Å². The summed E-state index contributed by atoms with van der Waals surface area (Å²) in [6.07, 6.45) is 8.29. The Bertz CT molecular complexity index is 394. The number of carbonyl (C=O) groups excluding carboxylic acids is 1. The van der Waals surface area contributed by atoms with Crippen LogP contribution in [0.4, 0.5) is 0 Å². The van der Waals surface area contributed by atoms with E-state index in [4.69, 9.17) is 4.42 Å². The molecule has 15 heavy (non-hydrogen) atoms. The number of rotatable bonds is 2. The van der Waals surface area contributed by atoms with E-state index in [0.29, 0.717) is 23.6 Å². The van der Waals surface area contributed by atoms with Crippen LogP contribution in [0.25, 0.3) is 0 Å². The van der Waals surface area contributed by atoms with Crippen LogP contribution in [0.2, 0.25) is 0 Å². The summed E-state index contributed by atoms with van der Waals surface area (Å²) in [7, 11) is 0. The largest absolute Gasteiger partial charge is 0.459 e. The molecule has 2 bridgehead atoms. The first-order valence-electron chi connectivity index (χ1n) is 5.35. The minimum absolute atomic E-state index is 0.0917. The van der Waals surface area contributed by atoms with Crippen molar-refractivity contribution in [3.8, 4) is 0 Å². The number of hydrogen-bond donors (Lipinski definition) is 1. The van der Waals surface area contributed by atoms with Crippen molar-refractivity contribution < 1.29 is 9.21 Å². The summed E-state index contributed by atoms with van der Waals surface area (Å²) in [5.74, 6) is 1.53. The molecule has 78 valence electrons. The zero-order chi connectivity index (χ0) is 10.3. The minimum atomic E-state index is -0.0917. The quantitative estimate of drug-likeness (QED) is 0.747. The van der Waals surface area contributed by atoms with Gasteiger partial charge in [-0.15, -0.1) is 0 Å². The maximum Gasteiger partial charge on any atom is 0.287 e. The van der Waals surface area contributed by atoms with Crippen molar-refractivity contribution in [2.24, 2.45) is 11.8 Å². The topological polar surface area (TPSA) is 42.2 Å². The first-order valence-corrected chi connectivity index (χ1v) is 5.35. The average molecular weight is 203 g/mol. The molecule has 2 aliphatic carbocycles. The van der Waals surface area contributed by atoms with Gasteiger partial charge in [0.25, 0.3) is 5.91 Å². The number of furan rings is 1. The maximum atomic E-state index is 11.7. The summed E-state index contributed by atoms with van der Waals surface area (Å²) in [5.41, 5.74) is 0. The molecule has 1 saturated carbocycles. The van der Waals surface area contributed by atoms with Crippen LogP contribution in [0.1, 0.15) is 23.4 Å². The number of fused-ring (bicyclic) bond motifs is 2. The fraction of sp³-hybridized carbons (Fsp3) is 0.417. The summed E-state index contributed by atoms with van der Waals surface area (Å²) in [6.45, 7) is 0. The van der Waals surface area contributed by atoms with Gasteiger partial charge in [-0.25, -0.2) is 0 Å². The summed E-state index contributed by atoms with van der Waals surface area (Å²) < 4.78 is 5.06. The van der Waals surface area contributed by atoms with Crippen LogP contribution in [0, 0.1) is 11.8 Å². The molecular weight excluding hydrogens is 190 g/mol. The Kier molecular flexibility index (Phi) is 1.91. The SMILES string of the molecule is O=C(NC1CC2C=CC1C2)c1ccco1. The fourth-order valence-corrected chi connectivity index (χ4v) is 2.59. The number of carbonyl (C=O) groups is 1. The molecule has 3 heteroatoms. The highest BCUT2D eigenvalue weighted by atomic mass is 16.3. The van der Waals surface area contributed by atoms with Gasteiger partial charge in [0.15, 0.2) is 5.76 Å². The molecule has 1 aromatic heterocycles. The van der Waals surface area contributed by atoms with Crippen LogP contribution in [-0.4, -0.2) is 11.9 Å². The van der Waals surface area contributed by atoms with Gasteiger partial charge in [0.2, 0.25) is 0 Å². The molecule has 1 heterocycles. The van der Waals surface area contributed by atoms with Gasteiger partial charge in [0.05, 0.1) is 6.26 Å². The normalized spacial score (nSPS) is 32.1. The van der Waals surface area contributed by atoms with Gasteiger partial charge in [-0.1, -0.05) is 12.2 Å². The highest BCUT2D eigenvalue weighted by molar-refractivity contribution is 5.91. The van der Waals surface area contributed by atoms with Crippen molar-refractivity contribution >= 4 is 5.91 Å². The summed E-state index contributed by atoms with van der Waals surface area (Å²) in [6, 6.07) is 3.73. The smallest absolute Gasteiger partial charge is 0.287 e. The van der Waals surface area contributed by atoms with Crippen LogP contribution in [-0.2, 0) is 0 Å². The van der Waals surface area contributed by atoms with Crippen molar-refractivity contribution in [3.05, 3.63) is 36.3 Å². The molecule has 1 amide bonds. The van der Waals surface area contributed by atoms with Crippen LogP contribution in [0.5, 0.6) is 0 Å². The molecule has 2 aliphatic rings. The lowest BCUT2D eigenvalue weighted by Gasteiger charge is -2.18. The van der Waals surface area contributed by atoms with Crippen LogP contribution in [0.15, 0.2) is 35.0 Å². The van der Waals surface area contributed by atoms with Gasteiger partial charge in [-0.2, -0.15) is 0 Å². The van der Waals surface area contributed by atoms with Gasteiger partial charge < -0.3 is 9.73 Å². The number of allylic oxidation sites excluding steroid dienone is 1. The van der Waals surface area contributed by atoms with E-state index in [9.17, 15) is 4.79 Å². The molecule has 1 fully saturated rings. The van der Waals surface area contributed by atoms with Crippen LogP contribution in [0.3, 0.4) is 0 Å². The molecule has 0 radical (unpaired) electrons. The Balaban J connectivity index is 1.67. The van der Waals surface area contributed by atoms with Gasteiger partial charge in [-0.3, -0.25) is 4.79 Å². The second-order valence-corrected chi connectivity index (χ2v) is 4.34. The molecule has 3 atom stereocenters. The van der Waals surface area contributed by atoms with E-state index in [0.717, 1.165) is 6.42 Å². The lowest BCUT2D eigenvalue weighted by molar-refractivity contribution is 0.0903. The van der Waals surface area contributed by atoms with Gasteiger partial charge in [0, 0.05) is 6.04 Å². The fourth-order valence-electron chi connectivity index (χ4n) is 2.59. The van der Waals surface area contributed by atoms with E-state index in [1.54, 1.807) is 12.1 Å². The summed E-state index contributed by atoms with van der Waals surface area (Å²) in [5, 5.41) is 3.03. The molecular formula is C12H13NO2. The highest BCUT2D eigenvalue weighted by Crippen LogP contribution is 2.38.